The van der Waals surface area contributed by atoms with Gasteiger partial charge in [-0.25, -0.2) is 13.1 Å². The Labute approximate surface area is 770 Å². The van der Waals surface area contributed by atoms with Gasteiger partial charge in [0.15, 0.2) is 0 Å². The topological polar surface area (TPSA) is 673 Å². The van der Waals surface area contributed by atoms with E-state index in [-0.39, 0.29) is 40.5 Å². The number of halogens is 1. The Morgan fingerprint density at radius 2 is 0.815 bits per heavy atom. The highest BCUT2D eigenvalue weighted by molar-refractivity contribution is 7.88. The van der Waals surface area contributed by atoms with Crippen LogP contribution in [0.15, 0.2) is 216 Å². The fourth-order valence-electron chi connectivity index (χ4n) is 10.6. The maximum Gasteiger partial charge on any atom is 0.394 e. The summed E-state index contributed by atoms with van der Waals surface area (Å²) in [6.45, 7) is 26.4. The molecule has 0 saturated heterocycles. The van der Waals surface area contributed by atoms with Crippen LogP contribution in [0.2, 0.25) is 0 Å². The highest BCUT2D eigenvalue weighted by Crippen LogP contribution is 2.29. The van der Waals surface area contributed by atoms with Gasteiger partial charge < -0.3 is 78.8 Å². The number of hydrogen-bond acceptors (Lipinski definition) is 29. The number of methoxy groups -OCH3 is 1. The molecule has 9 aromatic rings. The fourth-order valence-corrected chi connectivity index (χ4v) is 12.5. The van der Waals surface area contributed by atoms with Gasteiger partial charge in [-0.05, 0) is 236 Å². The molecule has 130 heavy (non-hydrogen) atoms. The van der Waals surface area contributed by atoms with Crippen molar-refractivity contribution in [2.24, 2.45) is 0 Å². The van der Waals surface area contributed by atoms with E-state index in [9.17, 15) is 38.5 Å². The van der Waals surface area contributed by atoms with Gasteiger partial charge in [0.1, 0.15) is 6.73 Å². The van der Waals surface area contributed by atoms with Crippen molar-refractivity contribution in [2.75, 3.05) is 169 Å². The molecular formula is C82H124ClN13O27S7. The number of aliphatic hydroxyl groups is 1. The van der Waals surface area contributed by atoms with Gasteiger partial charge in [0, 0.05) is 160 Å². The second-order valence-electron chi connectivity index (χ2n) is 27.1. The Kier molecular flexibility index (Phi) is 57.4. The quantitative estimate of drug-likeness (QED) is 0.0109. The summed E-state index contributed by atoms with van der Waals surface area (Å²) in [5.41, 5.74) is 50.8. The van der Waals surface area contributed by atoms with Gasteiger partial charge in [-0.15, -0.1) is 12.4 Å². The van der Waals surface area contributed by atoms with Crippen LogP contribution in [-0.2, 0) is 92.4 Å². The van der Waals surface area contributed by atoms with E-state index in [0.29, 0.717) is 70.5 Å². The number of aryl methyl sites for hydroxylation is 3. The van der Waals surface area contributed by atoms with Crippen LogP contribution in [0.1, 0.15) is 70.2 Å². The molecule has 0 fully saturated rings. The van der Waals surface area contributed by atoms with Crippen molar-refractivity contribution in [3.63, 3.8) is 0 Å². The summed E-state index contributed by atoms with van der Waals surface area (Å²) >= 11 is 0. The lowest BCUT2D eigenvalue weighted by Crippen LogP contribution is -2.34. The van der Waals surface area contributed by atoms with Crippen molar-refractivity contribution in [3.05, 3.63) is 229 Å². The number of amides is 1. The lowest BCUT2D eigenvalue weighted by molar-refractivity contribution is -0.114. The zero-order valence-corrected chi connectivity index (χ0v) is 80.4. The first-order valence-corrected chi connectivity index (χ1v) is 49.4. The van der Waals surface area contributed by atoms with Crippen molar-refractivity contribution in [3.8, 4) is 11.1 Å². The van der Waals surface area contributed by atoms with E-state index < -0.39 is 71.6 Å². The van der Waals surface area contributed by atoms with E-state index in [1.807, 2.05) is 193 Å². The number of nitrogens with one attached hydrogen (secondary N) is 2. The molecule has 9 rings (SSSR count). The van der Waals surface area contributed by atoms with Crippen molar-refractivity contribution in [1.82, 2.24) is 4.72 Å². The predicted molar refractivity (Wildman–Crippen MR) is 518 cm³/mol. The zero-order valence-electron chi connectivity index (χ0n) is 73.8. The molecule has 0 atom stereocenters. The molecule has 40 nitrogen and oxygen atoms in total. The number of anilines is 12. The van der Waals surface area contributed by atoms with Crippen LogP contribution in [-0.4, -0.2) is 215 Å². The van der Waals surface area contributed by atoms with Crippen molar-refractivity contribution >= 4 is 158 Å². The number of carbonyl (C=O) groups excluding carboxylic acids is 1. The molecule has 0 unspecified atom stereocenters. The minimum Gasteiger partial charge on any atom is -0.399 e. The number of likely N-dealkylation sites (N-methyl/N-ethyl adjacent to an activating group) is 2. The molecule has 1 amide bonds. The Morgan fingerprint density at radius 3 is 1.20 bits per heavy atom. The largest absolute Gasteiger partial charge is 0.399 e. The van der Waals surface area contributed by atoms with E-state index >= 15 is 0 Å². The van der Waals surface area contributed by atoms with E-state index in [4.69, 9.17) is 115 Å². The number of ether oxygens (including phenoxy) is 2. The average Bonchev–Trinajstić information content (AvgIpc) is 0.848. The molecule has 0 aliphatic carbocycles. The van der Waals surface area contributed by atoms with Crippen molar-refractivity contribution in [2.45, 2.75) is 85.1 Å². The molecule has 0 spiro atoms. The molecular weight excluding hydrogens is 1860 g/mol. The summed E-state index contributed by atoms with van der Waals surface area (Å²) in [6, 6.07) is 62.1. The summed E-state index contributed by atoms with van der Waals surface area (Å²) in [5, 5.41) is 11.6. The van der Waals surface area contributed by atoms with E-state index in [0.717, 1.165) is 129 Å². The van der Waals surface area contributed by atoms with Gasteiger partial charge in [-0.3, -0.25) is 45.8 Å². The number of nitrogen functional groups attached to an aromatic ring is 6. The molecule has 0 radical (unpaired) electrons. The van der Waals surface area contributed by atoms with Gasteiger partial charge in [0.05, 0.1) is 35.0 Å². The van der Waals surface area contributed by atoms with Gasteiger partial charge in [0.25, 0.3) is 30.4 Å². The number of hydrogen-bond donors (Lipinski definition) is 18. The van der Waals surface area contributed by atoms with Crippen LogP contribution in [0.5, 0.6) is 0 Å². The van der Waals surface area contributed by atoms with Gasteiger partial charge >= 0.3 is 31.2 Å². The Bertz CT molecular complexity index is 5530. The molecule has 0 saturated carbocycles. The number of nitrogens with two attached hydrogens (primary N) is 6. The predicted octanol–water partition coefficient (Wildman–Crippen LogP) is 10.6. The maximum absolute atomic E-state index is 11.1. The lowest BCUT2D eigenvalue weighted by atomic mass is 10.0. The third kappa shape index (κ3) is 59.8. The molecule has 0 aromatic heterocycles. The van der Waals surface area contributed by atoms with E-state index in [2.05, 4.69) is 42.6 Å². The van der Waals surface area contributed by atoms with Crippen LogP contribution in [0, 0.1) is 20.8 Å². The molecule has 0 aliphatic rings. The number of benzene rings is 9. The number of nitrogens with zero attached hydrogens (tertiary/aromatic N) is 5. The molecule has 0 bridgehead atoms. The number of carbonyl (C=O) groups is 1. The standard InChI is InChI=1S/C15H18N2O3S.C14H23N3O3S.C13H22N2O2.C12H12N2.C11H18N2O3S.C10H16N2O.C7H8O3S.ClH.3H2O4S/c1-2-17(14-7-5-13(16)6-8-14)11-12-3-9-15(10-4-12)21(18,19)20;1-5-17(9-8-15-21(4,19)20)13-6-7-14(11(2)10-13)16-12(3)18;1-4-17-10-15(7-8-16-3)12-5-6-13(14)11(2)9-12;13-10-6-7-12(14)11(8-10)9-4-2-1-3-5-9;1-2-13(8-3-9-17(14,15)16)11-6-4-10(12)5-7-11;1-2-12(7-8-13)10-5-3-9(11)4-6-10;1-6-2-4-7(5-3-6)11(8,9)10;;3*1-5(2,3)4/h3-10H,2,11,16H2,1H3,(H,18,19,20);6-7,10,15H,5,8-9H2,1-4H3,(H,16,18);5-6,9H,4,7-8,10,14H2,1-3H3;1-8H,13-14H2;4-7H,2-3,8-9,12H2,1H3,(H,14,15,16);3-6,13H,2,7-8,11H2,1H3;2-5H,1H3,(H,8,9,10);1H;3*(H2,1,2,3,4). The summed E-state index contributed by atoms with van der Waals surface area (Å²) in [6.07, 6.45) is 1.55. The average molecular weight is 1980 g/mol. The molecule has 24 N–H and O–H groups in total. The zero-order chi connectivity index (χ0) is 98.7. The third-order valence-corrected chi connectivity index (χ3v) is 20.1. The smallest absolute Gasteiger partial charge is 0.394 e. The van der Waals surface area contributed by atoms with Crippen LogP contribution in [0.4, 0.5) is 68.2 Å². The second-order valence-corrected chi connectivity index (χ2v) is 36.1. The van der Waals surface area contributed by atoms with Crippen LogP contribution < -0.4 is 68.9 Å². The van der Waals surface area contributed by atoms with E-state index in [1.54, 1.807) is 43.5 Å². The molecule has 9 aromatic carbocycles. The van der Waals surface area contributed by atoms with Crippen molar-refractivity contribution in [1.29, 1.82) is 0 Å². The minimum atomic E-state index is -4.67. The normalized spacial score (nSPS) is 10.9. The molecule has 728 valence electrons. The lowest BCUT2D eigenvalue weighted by Gasteiger charge is -2.24. The van der Waals surface area contributed by atoms with Crippen LogP contribution in [0.25, 0.3) is 11.1 Å². The van der Waals surface area contributed by atoms with Gasteiger partial charge in [-0.2, -0.15) is 50.5 Å². The Morgan fingerprint density at radius 1 is 0.431 bits per heavy atom. The number of rotatable bonds is 31. The summed E-state index contributed by atoms with van der Waals surface area (Å²) in [7, 11) is -27.5. The maximum atomic E-state index is 11.1. The first kappa shape index (κ1) is 122. The Hall–Kier alpha value is -10.3. The molecule has 48 heteroatoms. The SMILES string of the molecule is CCN(CCCS(=O)(=O)O)c1ccc(N)cc1.CCN(CCNS(C)(=O)=O)c1ccc(NC(C)=O)c(C)c1.CCN(CCO)c1ccc(N)cc1.CCN(Cc1ccc(S(=O)(=O)O)cc1)c1ccc(N)cc1.CCOCN(CCOC)c1ccc(N)c(C)c1.Cc1ccc(S(=O)(=O)O)cc1.Cl.Nc1ccc(N)c(-c2ccccc2)c1.O=S(=O)(O)O.O=S(=O)(O)O.O=S(=O)(O)O. The first-order valence-electron chi connectivity index (χ1n) is 38.8. The molecule has 0 aliphatic heterocycles. The van der Waals surface area contributed by atoms with Crippen molar-refractivity contribution < 1.29 is 119 Å². The number of aliphatic hydroxyl groups excluding tert-OH is 1. The monoisotopic (exact) mass is 1980 g/mol. The number of sulfonamides is 1. The van der Waals surface area contributed by atoms with E-state index in [1.165, 1.54) is 31.2 Å². The first-order chi connectivity index (χ1) is 59.8. The Balaban J connectivity index is 0. The van der Waals surface area contributed by atoms with Crippen LogP contribution >= 0.6 is 12.4 Å². The highest BCUT2D eigenvalue weighted by Gasteiger charge is 2.15. The summed E-state index contributed by atoms with van der Waals surface area (Å²) in [4.78, 5) is 21.4. The summed E-state index contributed by atoms with van der Waals surface area (Å²) in [5.74, 6) is -0.311. The summed E-state index contributed by atoms with van der Waals surface area (Å²) < 4.78 is 220. The molecule has 0 heterocycles. The second kappa shape index (κ2) is 61.3. The minimum absolute atomic E-state index is 0. The third-order valence-electron chi connectivity index (χ3n) is 16.8. The van der Waals surface area contributed by atoms with Crippen LogP contribution in [0.3, 0.4) is 0 Å². The fraction of sp³-hybridized carbons (Fsp3) is 0.329. The van der Waals surface area contributed by atoms with Gasteiger partial charge in [-0.1, -0.05) is 60.2 Å². The van der Waals surface area contributed by atoms with Gasteiger partial charge in [0.2, 0.25) is 15.9 Å². The highest BCUT2D eigenvalue weighted by atomic mass is 35.5.